The normalized spacial score (nSPS) is 44.0. The Morgan fingerprint density at radius 3 is 2.29 bits per heavy atom. The number of nitrogens with zero attached hydrogens (tertiary/aromatic N) is 2. The zero-order valence-corrected chi connectivity index (χ0v) is 22.1. The smallest absolute Gasteiger partial charge is 0.0808 e. The highest BCUT2D eigenvalue weighted by Gasteiger charge is 2.58. The number of fused-ring (bicyclic) bond motifs is 1. The van der Waals surface area contributed by atoms with Gasteiger partial charge in [-0.3, -0.25) is 4.90 Å². The van der Waals surface area contributed by atoms with Gasteiger partial charge >= 0.3 is 0 Å². The number of piperidine rings is 2. The van der Waals surface area contributed by atoms with E-state index in [-0.39, 0.29) is 6.10 Å². The van der Waals surface area contributed by atoms with Crippen LogP contribution in [0.3, 0.4) is 0 Å². The zero-order chi connectivity index (χ0) is 23.9. The third-order valence-electron chi connectivity index (χ3n) is 9.96. The Morgan fingerprint density at radius 2 is 1.49 bits per heavy atom. The molecule has 1 N–H and O–H groups in total. The summed E-state index contributed by atoms with van der Waals surface area (Å²) in [5, 5.41) is 11.9. The molecule has 35 heavy (non-hydrogen) atoms. The van der Waals surface area contributed by atoms with E-state index in [2.05, 4.69) is 52.3 Å². The van der Waals surface area contributed by atoms with Crippen molar-refractivity contribution in [2.45, 2.75) is 102 Å². The van der Waals surface area contributed by atoms with Gasteiger partial charge in [-0.15, -0.1) is 0 Å². The van der Waals surface area contributed by atoms with Crippen molar-refractivity contribution in [3.63, 3.8) is 0 Å². The van der Waals surface area contributed by atoms with Gasteiger partial charge in [-0.1, -0.05) is 100 Å². The Morgan fingerprint density at radius 1 is 0.771 bits per heavy atom. The first-order chi connectivity index (χ1) is 17.3. The molecule has 1 unspecified atom stereocenters. The van der Waals surface area contributed by atoms with E-state index in [4.69, 9.17) is 0 Å². The summed E-state index contributed by atoms with van der Waals surface area (Å²) >= 11 is 0. The topological polar surface area (TPSA) is 26.7 Å². The fourth-order valence-corrected chi connectivity index (χ4v) is 8.25. The molecule has 5 rings (SSSR count). The molecule has 5 aliphatic rings. The van der Waals surface area contributed by atoms with E-state index in [9.17, 15) is 5.11 Å². The Bertz CT molecular complexity index is 797. The minimum absolute atomic E-state index is 0.268. The lowest BCUT2D eigenvalue weighted by Crippen LogP contribution is -2.68. The third-order valence-corrected chi connectivity index (χ3v) is 9.96. The minimum Gasteiger partial charge on any atom is -0.388 e. The Kier molecular flexibility index (Phi) is 9.02. The van der Waals surface area contributed by atoms with Crippen LogP contribution in [0.25, 0.3) is 0 Å². The van der Waals surface area contributed by atoms with E-state index in [0.717, 1.165) is 25.9 Å². The average molecular weight is 479 g/mol. The minimum atomic E-state index is -0.268. The number of hydrogen-bond acceptors (Lipinski definition) is 3. The van der Waals surface area contributed by atoms with Gasteiger partial charge in [0.2, 0.25) is 0 Å². The molecule has 194 valence electrons. The maximum Gasteiger partial charge on any atom is 0.0808 e. The quantitative estimate of drug-likeness (QED) is 0.394. The van der Waals surface area contributed by atoms with Crippen LogP contribution in [0.1, 0.15) is 89.9 Å². The molecule has 3 heteroatoms. The number of hydrogen-bond donors (Lipinski definition) is 1. The van der Waals surface area contributed by atoms with Gasteiger partial charge in [-0.25, -0.2) is 0 Å². The van der Waals surface area contributed by atoms with Crippen molar-refractivity contribution < 1.29 is 5.11 Å². The number of aliphatic hydroxyl groups is 1. The van der Waals surface area contributed by atoms with Crippen LogP contribution in [0.15, 0.2) is 48.1 Å². The van der Waals surface area contributed by atoms with Gasteiger partial charge in [0, 0.05) is 38.1 Å². The highest BCUT2D eigenvalue weighted by molar-refractivity contribution is 5.28. The van der Waals surface area contributed by atoms with Crippen molar-refractivity contribution in [1.82, 2.24) is 9.80 Å². The molecule has 0 aromatic carbocycles. The molecule has 0 radical (unpaired) electrons. The first kappa shape index (κ1) is 25.5. The van der Waals surface area contributed by atoms with Gasteiger partial charge < -0.3 is 10.0 Å². The first-order valence-electron chi connectivity index (χ1n) is 15.1. The van der Waals surface area contributed by atoms with Crippen LogP contribution in [0.5, 0.6) is 0 Å². The molecule has 3 nitrogen and oxygen atoms in total. The van der Waals surface area contributed by atoms with E-state index < -0.39 is 0 Å². The van der Waals surface area contributed by atoms with Crippen molar-refractivity contribution in [1.29, 1.82) is 0 Å². The molecule has 1 saturated carbocycles. The molecule has 4 aliphatic heterocycles. The molecule has 4 fully saturated rings. The lowest BCUT2D eigenvalue weighted by Gasteiger charge is -2.63. The van der Waals surface area contributed by atoms with Crippen molar-refractivity contribution in [2.24, 2.45) is 17.3 Å². The molecule has 0 aromatic rings. The SMILES string of the molecule is O[C@H]1/C2=C/C/C=C/C=C\C=C\CCN3C[C@@]45CCCCCCCCCCCCN(C[C@@H]1[C@H]4C[C@H]23)C5. The third kappa shape index (κ3) is 6.05. The van der Waals surface area contributed by atoms with E-state index in [1.54, 1.807) is 0 Å². The van der Waals surface area contributed by atoms with Crippen molar-refractivity contribution in [3.8, 4) is 0 Å². The molecular weight excluding hydrogens is 428 g/mol. The number of rotatable bonds is 0. The standard InChI is InChI=1S/C32H50N2O/c35-31-27-19-15-11-7-3-6-10-14-18-22-34-26-32-20-16-12-8-4-1-2-5-9-13-17-21-33(25-32)24-28(31)29(32)23-30(27)34/h3,6-7,10-11,14,19,28-31,35H,1-2,4-5,8-9,12-13,15-18,20-26H2/b6-3-,11-7+,14-10+,27-19+/t28-,29-,30-,31+,32+/m1/s1. The van der Waals surface area contributed by atoms with Gasteiger partial charge in [-0.05, 0) is 55.6 Å². The molecule has 0 aromatic heterocycles. The summed E-state index contributed by atoms with van der Waals surface area (Å²) in [6.45, 7) is 5.96. The van der Waals surface area contributed by atoms with Crippen LogP contribution in [-0.4, -0.2) is 59.8 Å². The maximum atomic E-state index is 11.9. The molecule has 4 heterocycles. The summed E-state index contributed by atoms with van der Waals surface area (Å²) < 4.78 is 0. The monoisotopic (exact) mass is 478 g/mol. The largest absolute Gasteiger partial charge is 0.388 e. The van der Waals surface area contributed by atoms with Crippen molar-refractivity contribution >= 4 is 0 Å². The van der Waals surface area contributed by atoms with Gasteiger partial charge in [0.25, 0.3) is 0 Å². The summed E-state index contributed by atoms with van der Waals surface area (Å²) in [5.74, 6) is 1.11. The summed E-state index contributed by atoms with van der Waals surface area (Å²) in [6.07, 6.45) is 34.1. The predicted molar refractivity (Wildman–Crippen MR) is 147 cm³/mol. The number of allylic oxidation sites excluding steroid dienone is 6. The fraction of sp³-hybridized carbons (Fsp3) is 0.750. The van der Waals surface area contributed by atoms with Crippen LogP contribution in [0.4, 0.5) is 0 Å². The van der Waals surface area contributed by atoms with Gasteiger partial charge in [0.1, 0.15) is 0 Å². The average Bonchev–Trinajstić information content (AvgIpc) is 2.87. The van der Waals surface area contributed by atoms with Gasteiger partial charge in [0.05, 0.1) is 6.10 Å². The Hall–Kier alpha value is -1.16. The summed E-state index contributed by atoms with van der Waals surface area (Å²) in [7, 11) is 0. The summed E-state index contributed by atoms with van der Waals surface area (Å²) in [6, 6.07) is 0.440. The molecule has 3 saturated heterocycles. The molecule has 1 aliphatic carbocycles. The molecular formula is C32H50N2O. The Balaban J connectivity index is 1.44. The second-order valence-corrected chi connectivity index (χ2v) is 12.3. The summed E-state index contributed by atoms with van der Waals surface area (Å²) in [4.78, 5) is 5.60. The Labute approximate surface area is 215 Å². The predicted octanol–water partition coefficient (Wildman–Crippen LogP) is 6.66. The van der Waals surface area contributed by atoms with Crippen LogP contribution in [0, 0.1) is 17.3 Å². The lowest BCUT2D eigenvalue weighted by atomic mass is 9.54. The first-order valence-corrected chi connectivity index (χ1v) is 15.1. The van der Waals surface area contributed by atoms with Gasteiger partial charge in [-0.2, -0.15) is 0 Å². The van der Waals surface area contributed by atoms with Crippen LogP contribution in [-0.2, 0) is 0 Å². The summed E-state index contributed by atoms with van der Waals surface area (Å²) in [5.41, 5.74) is 1.70. The molecule has 6 atom stereocenters. The van der Waals surface area contributed by atoms with Crippen molar-refractivity contribution in [2.75, 3.05) is 32.7 Å². The van der Waals surface area contributed by atoms with E-state index in [1.165, 1.54) is 102 Å². The van der Waals surface area contributed by atoms with E-state index >= 15 is 0 Å². The second-order valence-electron chi connectivity index (χ2n) is 12.3. The highest BCUT2D eigenvalue weighted by Crippen LogP contribution is 2.55. The van der Waals surface area contributed by atoms with E-state index in [0.29, 0.717) is 23.3 Å². The van der Waals surface area contributed by atoms with Crippen molar-refractivity contribution in [3.05, 3.63) is 48.1 Å². The zero-order valence-electron chi connectivity index (χ0n) is 22.1. The van der Waals surface area contributed by atoms with Crippen LogP contribution >= 0.6 is 0 Å². The van der Waals surface area contributed by atoms with Crippen LogP contribution in [0.2, 0.25) is 0 Å². The van der Waals surface area contributed by atoms with Gasteiger partial charge in [0.15, 0.2) is 0 Å². The maximum absolute atomic E-state index is 11.9. The lowest BCUT2D eigenvalue weighted by molar-refractivity contribution is -0.140. The fourth-order valence-electron chi connectivity index (χ4n) is 8.25. The second kappa shape index (κ2) is 12.4. The molecule has 1 spiro atoms. The highest BCUT2D eigenvalue weighted by atomic mass is 16.3. The van der Waals surface area contributed by atoms with E-state index in [1.807, 2.05) is 0 Å². The molecule has 4 bridgehead atoms. The number of aliphatic hydroxyl groups excluding tert-OH is 1. The molecule has 0 amide bonds. The van der Waals surface area contributed by atoms with Crippen LogP contribution < -0.4 is 0 Å².